The average molecular weight is 342 g/mol. The topological polar surface area (TPSA) is 63.0 Å². The van der Waals surface area contributed by atoms with E-state index in [4.69, 9.17) is 0 Å². The number of benzene rings is 2. The van der Waals surface area contributed by atoms with E-state index >= 15 is 0 Å². The number of nitrogens with one attached hydrogen (secondary N) is 1. The van der Waals surface area contributed by atoms with Crippen molar-refractivity contribution in [3.8, 4) is 11.4 Å². The van der Waals surface area contributed by atoms with Gasteiger partial charge in [-0.1, -0.05) is 42.5 Å². The maximum atomic E-state index is 13.0. The molecule has 2 aromatic heterocycles. The van der Waals surface area contributed by atoms with E-state index in [1.54, 1.807) is 12.3 Å². The van der Waals surface area contributed by atoms with Crippen LogP contribution in [0.1, 0.15) is 17.0 Å². The quantitative estimate of drug-likeness (QED) is 0.574. The molecule has 5 heteroatoms. The zero-order chi connectivity index (χ0) is 18.1. The average Bonchev–Trinajstić information content (AvgIpc) is 2.99. The minimum absolute atomic E-state index is 0.185. The Kier molecular flexibility index (Phi) is 3.97. The Morgan fingerprint density at radius 3 is 2.50 bits per heavy atom. The molecule has 5 nitrogen and oxygen atoms in total. The number of hydrogen-bond donors (Lipinski definition) is 1. The highest BCUT2D eigenvalue weighted by molar-refractivity contribution is 5.83. The summed E-state index contributed by atoms with van der Waals surface area (Å²) < 4.78 is 1.37. The first kappa shape index (κ1) is 16.0. The summed E-state index contributed by atoms with van der Waals surface area (Å²) in [7, 11) is 0. The van der Waals surface area contributed by atoms with E-state index in [9.17, 15) is 4.79 Å². The van der Waals surface area contributed by atoms with Gasteiger partial charge in [0.2, 0.25) is 0 Å². The van der Waals surface area contributed by atoms with Crippen LogP contribution in [-0.2, 0) is 0 Å². The molecule has 0 aliphatic carbocycles. The number of aryl methyl sites for hydroxylation is 2. The van der Waals surface area contributed by atoms with Crippen molar-refractivity contribution in [3.05, 3.63) is 88.0 Å². The molecule has 0 atom stereocenters. The van der Waals surface area contributed by atoms with Crippen molar-refractivity contribution in [2.45, 2.75) is 13.8 Å². The van der Waals surface area contributed by atoms with Gasteiger partial charge in [0.15, 0.2) is 5.82 Å². The minimum Gasteiger partial charge on any atom is -0.362 e. The van der Waals surface area contributed by atoms with E-state index in [0.717, 1.165) is 22.5 Å². The first-order valence-corrected chi connectivity index (χ1v) is 8.41. The van der Waals surface area contributed by atoms with E-state index in [1.807, 2.05) is 68.4 Å². The monoisotopic (exact) mass is 342 g/mol. The molecule has 0 aliphatic rings. The molecule has 2 aromatic carbocycles. The Bertz CT molecular complexity index is 1170. The van der Waals surface area contributed by atoms with Crippen LogP contribution in [0.2, 0.25) is 0 Å². The molecule has 0 fully saturated rings. The summed E-state index contributed by atoms with van der Waals surface area (Å²) in [6.45, 7) is 3.97. The predicted molar refractivity (Wildman–Crippen MR) is 105 cm³/mol. The van der Waals surface area contributed by atoms with Gasteiger partial charge in [0, 0.05) is 22.5 Å². The summed E-state index contributed by atoms with van der Waals surface area (Å²) in [4.78, 5) is 21.0. The predicted octanol–water partition coefficient (Wildman–Crippen LogP) is 3.89. The van der Waals surface area contributed by atoms with Crippen molar-refractivity contribution >= 4 is 17.1 Å². The van der Waals surface area contributed by atoms with Crippen LogP contribution in [0.4, 0.5) is 0 Å². The number of aromatic amines is 1. The van der Waals surface area contributed by atoms with Crippen molar-refractivity contribution in [1.29, 1.82) is 0 Å². The zero-order valence-electron chi connectivity index (χ0n) is 14.6. The second-order valence-electron chi connectivity index (χ2n) is 6.21. The van der Waals surface area contributed by atoms with Crippen molar-refractivity contribution in [1.82, 2.24) is 14.6 Å². The first-order chi connectivity index (χ1) is 12.6. The Balaban J connectivity index is 1.95. The van der Waals surface area contributed by atoms with Crippen LogP contribution in [-0.4, -0.2) is 20.9 Å². The van der Waals surface area contributed by atoms with E-state index in [2.05, 4.69) is 15.1 Å². The molecule has 4 aromatic rings. The molecule has 0 radical (unpaired) electrons. The number of para-hydroxylation sites is 1. The summed E-state index contributed by atoms with van der Waals surface area (Å²) in [6, 6.07) is 19.0. The summed E-state index contributed by atoms with van der Waals surface area (Å²) in [6.07, 6.45) is 1.70. The van der Waals surface area contributed by atoms with E-state index < -0.39 is 0 Å². The number of H-pyrrole nitrogens is 1. The van der Waals surface area contributed by atoms with Gasteiger partial charge in [-0.25, -0.2) is 4.98 Å². The zero-order valence-corrected chi connectivity index (χ0v) is 14.6. The fraction of sp³-hybridized carbons (Fsp3) is 0.0952. The number of fused-ring (bicyclic) bond motifs is 1. The SMILES string of the molecule is Cc1cc(/C=N/n2c(-c3ccccc3)nc3ccccc3c2=O)c(C)[nH]1. The third-order valence-electron chi connectivity index (χ3n) is 4.29. The summed E-state index contributed by atoms with van der Waals surface area (Å²) in [5, 5.41) is 5.02. The van der Waals surface area contributed by atoms with Crippen molar-refractivity contribution < 1.29 is 0 Å². The van der Waals surface area contributed by atoms with Crippen LogP contribution in [0.25, 0.3) is 22.3 Å². The second kappa shape index (κ2) is 6.44. The molecule has 26 heavy (non-hydrogen) atoms. The van der Waals surface area contributed by atoms with Gasteiger partial charge in [0.25, 0.3) is 5.56 Å². The van der Waals surface area contributed by atoms with E-state index in [1.165, 1.54) is 4.68 Å². The summed E-state index contributed by atoms with van der Waals surface area (Å²) >= 11 is 0. The van der Waals surface area contributed by atoms with Crippen LogP contribution in [0, 0.1) is 13.8 Å². The largest absolute Gasteiger partial charge is 0.362 e. The molecule has 2 heterocycles. The first-order valence-electron chi connectivity index (χ1n) is 8.41. The van der Waals surface area contributed by atoms with Crippen molar-refractivity contribution in [3.63, 3.8) is 0 Å². The van der Waals surface area contributed by atoms with Gasteiger partial charge in [-0.2, -0.15) is 9.78 Å². The van der Waals surface area contributed by atoms with Gasteiger partial charge in [0.05, 0.1) is 17.1 Å². The van der Waals surface area contributed by atoms with Crippen LogP contribution in [0.3, 0.4) is 0 Å². The number of nitrogens with zero attached hydrogens (tertiary/aromatic N) is 3. The van der Waals surface area contributed by atoms with Crippen molar-refractivity contribution in [2.24, 2.45) is 5.10 Å². The molecule has 0 saturated heterocycles. The third-order valence-corrected chi connectivity index (χ3v) is 4.29. The van der Waals surface area contributed by atoms with Gasteiger partial charge in [-0.15, -0.1) is 0 Å². The molecule has 4 rings (SSSR count). The maximum absolute atomic E-state index is 13.0. The molecule has 0 saturated carbocycles. The lowest BCUT2D eigenvalue weighted by Gasteiger charge is -2.09. The van der Waals surface area contributed by atoms with E-state index in [0.29, 0.717) is 16.7 Å². The van der Waals surface area contributed by atoms with Crippen molar-refractivity contribution in [2.75, 3.05) is 0 Å². The molecular formula is C21H18N4O. The standard InChI is InChI=1S/C21H18N4O/c1-14-12-17(15(2)23-14)13-22-25-20(16-8-4-3-5-9-16)24-19-11-7-6-10-18(19)21(25)26/h3-13,23H,1-2H3/b22-13+. The number of hydrogen-bond acceptors (Lipinski definition) is 3. The third kappa shape index (κ3) is 2.84. The lowest BCUT2D eigenvalue weighted by molar-refractivity contribution is 0.829. The van der Waals surface area contributed by atoms with Crippen LogP contribution < -0.4 is 5.56 Å². The molecule has 0 amide bonds. The number of rotatable bonds is 3. The Labute approximate surface area is 150 Å². The Hall–Kier alpha value is -3.47. The van der Waals surface area contributed by atoms with Gasteiger partial charge in [-0.3, -0.25) is 4.79 Å². The fourth-order valence-corrected chi connectivity index (χ4v) is 3.00. The van der Waals surface area contributed by atoms with E-state index in [-0.39, 0.29) is 5.56 Å². The Morgan fingerprint density at radius 1 is 1.04 bits per heavy atom. The molecule has 0 bridgehead atoms. The highest BCUT2D eigenvalue weighted by Crippen LogP contribution is 2.18. The molecule has 128 valence electrons. The lowest BCUT2D eigenvalue weighted by atomic mass is 10.2. The molecule has 1 N–H and O–H groups in total. The normalized spacial score (nSPS) is 11.5. The molecular weight excluding hydrogens is 324 g/mol. The smallest absolute Gasteiger partial charge is 0.282 e. The van der Waals surface area contributed by atoms with Crippen LogP contribution in [0.5, 0.6) is 0 Å². The molecule has 0 unspecified atom stereocenters. The van der Waals surface area contributed by atoms with Gasteiger partial charge in [-0.05, 0) is 32.0 Å². The van der Waals surface area contributed by atoms with Gasteiger partial charge >= 0.3 is 0 Å². The van der Waals surface area contributed by atoms with Crippen LogP contribution >= 0.6 is 0 Å². The minimum atomic E-state index is -0.185. The second-order valence-corrected chi connectivity index (χ2v) is 6.21. The number of aromatic nitrogens is 3. The highest BCUT2D eigenvalue weighted by Gasteiger charge is 2.12. The summed E-state index contributed by atoms with van der Waals surface area (Å²) in [5.74, 6) is 0.524. The maximum Gasteiger partial charge on any atom is 0.282 e. The van der Waals surface area contributed by atoms with Crippen LogP contribution in [0.15, 0.2) is 70.6 Å². The lowest BCUT2D eigenvalue weighted by Crippen LogP contribution is -2.20. The molecule has 0 spiro atoms. The van der Waals surface area contributed by atoms with Gasteiger partial charge in [0.1, 0.15) is 0 Å². The fourth-order valence-electron chi connectivity index (χ4n) is 3.00. The van der Waals surface area contributed by atoms with Gasteiger partial charge < -0.3 is 4.98 Å². The molecule has 0 aliphatic heterocycles. The highest BCUT2D eigenvalue weighted by atomic mass is 16.1. The Morgan fingerprint density at radius 2 is 1.77 bits per heavy atom. The summed E-state index contributed by atoms with van der Waals surface area (Å²) in [5.41, 5.74) is 4.33.